The number of benzene rings is 2. The van der Waals surface area contributed by atoms with Crippen molar-refractivity contribution in [3.8, 4) is 0 Å². The first-order valence-corrected chi connectivity index (χ1v) is 8.78. The summed E-state index contributed by atoms with van der Waals surface area (Å²) in [5, 5.41) is 0.625. The number of anilines is 2. The molecule has 2 heterocycles. The quantitative estimate of drug-likeness (QED) is 0.471. The molecule has 2 aromatic carbocycles. The Balaban J connectivity index is 1.93. The van der Waals surface area contributed by atoms with Gasteiger partial charge in [0.1, 0.15) is 5.69 Å². The van der Waals surface area contributed by atoms with Crippen LogP contribution in [0.25, 0.3) is 11.0 Å². The summed E-state index contributed by atoms with van der Waals surface area (Å²) >= 11 is 12.4. The molecule has 0 aliphatic rings. The fraction of sp³-hybridized carbons (Fsp3) is 0. The summed E-state index contributed by atoms with van der Waals surface area (Å²) in [7, 11) is 0. The lowest BCUT2D eigenvalue weighted by atomic mass is 10.2. The minimum absolute atomic E-state index is 0.121. The summed E-state index contributed by atoms with van der Waals surface area (Å²) in [5.41, 5.74) is 6.69. The molecule has 0 unspecified atom stereocenters. The van der Waals surface area contributed by atoms with Gasteiger partial charge in [-0.15, -0.1) is 0 Å². The first-order chi connectivity index (χ1) is 13.5. The number of primary amides is 1. The van der Waals surface area contributed by atoms with Crippen molar-refractivity contribution in [1.29, 1.82) is 0 Å². The second kappa shape index (κ2) is 6.99. The van der Waals surface area contributed by atoms with Crippen molar-refractivity contribution in [3.63, 3.8) is 0 Å². The number of rotatable bonds is 4. The standard InChI is InChI=1S/C18H12Cl2N6O2/c19-9-5-6-10(20)13(7-9)26(17(28)15-14(16(21)27)22-8-23-15)18-24-11-3-1-2-4-12(11)25-18/h1-8H,(H2,21,27)(H,22,23)(H,24,25). The summed E-state index contributed by atoms with van der Waals surface area (Å²) in [6.07, 6.45) is 1.21. The maximum Gasteiger partial charge on any atom is 0.286 e. The van der Waals surface area contributed by atoms with Gasteiger partial charge in [-0.25, -0.2) is 14.9 Å². The van der Waals surface area contributed by atoms with E-state index in [2.05, 4.69) is 19.9 Å². The van der Waals surface area contributed by atoms with Gasteiger partial charge in [-0.2, -0.15) is 0 Å². The molecule has 0 radical (unpaired) electrons. The van der Waals surface area contributed by atoms with Crippen molar-refractivity contribution in [2.75, 3.05) is 4.90 Å². The summed E-state index contributed by atoms with van der Waals surface area (Å²) < 4.78 is 0. The van der Waals surface area contributed by atoms with Crippen LogP contribution in [0, 0.1) is 0 Å². The highest BCUT2D eigenvalue weighted by Gasteiger charge is 2.29. The van der Waals surface area contributed by atoms with E-state index in [0.717, 1.165) is 0 Å². The van der Waals surface area contributed by atoms with Crippen molar-refractivity contribution in [2.45, 2.75) is 0 Å². The summed E-state index contributed by atoms with van der Waals surface area (Å²) in [4.78, 5) is 40.3. The molecule has 0 saturated heterocycles. The highest BCUT2D eigenvalue weighted by molar-refractivity contribution is 6.36. The minimum atomic E-state index is -0.817. The van der Waals surface area contributed by atoms with Gasteiger partial charge in [-0.3, -0.25) is 9.59 Å². The fourth-order valence-electron chi connectivity index (χ4n) is 2.77. The second-order valence-corrected chi connectivity index (χ2v) is 6.65. The largest absolute Gasteiger partial charge is 0.364 e. The molecule has 10 heteroatoms. The van der Waals surface area contributed by atoms with Crippen molar-refractivity contribution in [1.82, 2.24) is 19.9 Å². The molecule has 0 aliphatic carbocycles. The number of halogens is 2. The van der Waals surface area contributed by atoms with Crippen molar-refractivity contribution >= 4 is 57.7 Å². The topological polar surface area (TPSA) is 121 Å². The number of hydrogen-bond acceptors (Lipinski definition) is 4. The van der Waals surface area contributed by atoms with Gasteiger partial charge in [0, 0.05) is 5.02 Å². The Bertz CT molecular complexity index is 1180. The molecule has 0 aliphatic heterocycles. The van der Waals surface area contributed by atoms with E-state index in [9.17, 15) is 9.59 Å². The smallest absolute Gasteiger partial charge is 0.286 e. The number of amides is 2. The van der Waals surface area contributed by atoms with Crippen LogP contribution in [0.2, 0.25) is 10.0 Å². The number of carbonyl (C=O) groups excluding carboxylic acids is 2. The molecular weight excluding hydrogens is 403 g/mol. The van der Waals surface area contributed by atoms with E-state index in [0.29, 0.717) is 16.1 Å². The number of fused-ring (bicyclic) bond motifs is 1. The highest BCUT2D eigenvalue weighted by atomic mass is 35.5. The number of nitrogens with two attached hydrogens (primary N) is 1. The van der Waals surface area contributed by atoms with Gasteiger partial charge >= 0.3 is 0 Å². The molecule has 0 bridgehead atoms. The van der Waals surface area contributed by atoms with E-state index < -0.39 is 11.8 Å². The average Bonchev–Trinajstić information content (AvgIpc) is 3.31. The Labute approximate surface area is 168 Å². The van der Waals surface area contributed by atoms with Gasteiger partial charge in [0.2, 0.25) is 5.95 Å². The van der Waals surface area contributed by atoms with E-state index in [1.165, 1.54) is 17.3 Å². The van der Waals surface area contributed by atoms with Crippen LogP contribution in [-0.4, -0.2) is 31.8 Å². The molecule has 2 amide bonds. The zero-order valence-electron chi connectivity index (χ0n) is 14.1. The summed E-state index contributed by atoms with van der Waals surface area (Å²) in [5.74, 6) is -1.28. The third kappa shape index (κ3) is 3.08. The molecule has 140 valence electrons. The fourth-order valence-corrected chi connectivity index (χ4v) is 3.14. The third-order valence-corrected chi connectivity index (χ3v) is 4.58. The Morgan fingerprint density at radius 3 is 2.64 bits per heavy atom. The normalized spacial score (nSPS) is 10.9. The zero-order valence-corrected chi connectivity index (χ0v) is 15.6. The van der Waals surface area contributed by atoms with Gasteiger partial charge < -0.3 is 15.7 Å². The van der Waals surface area contributed by atoms with E-state index in [1.54, 1.807) is 18.2 Å². The Kier molecular flexibility index (Phi) is 4.50. The van der Waals surface area contributed by atoms with Crippen LogP contribution < -0.4 is 10.6 Å². The maximum absolute atomic E-state index is 13.3. The first-order valence-electron chi connectivity index (χ1n) is 8.03. The molecule has 4 N–H and O–H groups in total. The molecule has 0 atom stereocenters. The number of aromatic amines is 2. The van der Waals surface area contributed by atoms with E-state index in [4.69, 9.17) is 28.9 Å². The molecule has 0 fully saturated rings. The zero-order chi connectivity index (χ0) is 19.8. The van der Waals surface area contributed by atoms with Crippen LogP contribution >= 0.6 is 23.2 Å². The molecule has 8 nitrogen and oxygen atoms in total. The number of imidazole rings is 2. The summed E-state index contributed by atoms with van der Waals surface area (Å²) in [6, 6.07) is 11.9. The minimum Gasteiger partial charge on any atom is -0.364 e. The number of aromatic nitrogens is 4. The monoisotopic (exact) mass is 414 g/mol. The first kappa shape index (κ1) is 18.0. The van der Waals surface area contributed by atoms with E-state index >= 15 is 0 Å². The van der Waals surface area contributed by atoms with Gasteiger partial charge in [0.15, 0.2) is 5.69 Å². The predicted octanol–water partition coefficient (Wildman–Crippen LogP) is 3.67. The number of nitrogens with zero attached hydrogens (tertiary/aromatic N) is 3. The van der Waals surface area contributed by atoms with Crippen LogP contribution in [0.4, 0.5) is 11.6 Å². The Hall–Kier alpha value is -3.36. The molecule has 28 heavy (non-hydrogen) atoms. The van der Waals surface area contributed by atoms with Crippen LogP contribution in [-0.2, 0) is 0 Å². The van der Waals surface area contributed by atoms with Crippen molar-refractivity contribution < 1.29 is 9.59 Å². The number of hydrogen-bond donors (Lipinski definition) is 3. The number of carbonyl (C=O) groups is 2. The maximum atomic E-state index is 13.3. The number of para-hydroxylation sites is 2. The van der Waals surface area contributed by atoms with E-state index in [1.807, 2.05) is 18.2 Å². The van der Waals surface area contributed by atoms with Gasteiger partial charge in [-0.1, -0.05) is 35.3 Å². The number of H-pyrrole nitrogens is 2. The van der Waals surface area contributed by atoms with Crippen LogP contribution in [0.15, 0.2) is 48.8 Å². The molecule has 4 aromatic rings. The van der Waals surface area contributed by atoms with Crippen LogP contribution in [0.1, 0.15) is 21.0 Å². The third-order valence-electron chi connectivity index (χ3n) is 4.03. The van der Waals surface area contributed by atoms with Gasteiger partial charge in [-0.05, 0) is 30.3 Å². The lowest BCUT2D eigenvalue weighted by molar-refractivity contribution is 0.0961. The molecule has 2 aromatic heterocycles. The van der Waals surface area contributed by atoms with Crippen LogP contribution in [0.5, 0.6) is 0 Å². The van der Waals surface area contributed by atoms with E-state index in [-0.39, 0.29) is 28.0 Å². The molecule has 0 spiro atoms. The lowest BCUT2D eigenvalue weighted by Gasteiger charge is -2.21. The average molecular weight is 415 g/mol. The second-order valence-electron chi connectivity index (χ2n) is 5.80. The summed E-state index contributed by atoms with van der Waals surface area (Å²) in [6.45, 7) is 0. The Morgan fingerprint density at radius 1 is 1.11 bits per heavy atom. The SMILES string of the molecule is NC(=O)c1[nH]cnc1C(=O)N(c1nc2ccccc2[nH]1)c1cc(Cl)ccc1Cl. The molecule has 0 saturated carbocycles. The van der Waals surface area contributed by atoms with Crippen LogP contribution in [0.3, 0.4) is 0 Å². The van der Waals surface area contributed by atoms with Crippen molar-refractivity contribution in [2.24, 2.45) is 5.73 Å². The van der Waals surface area contributed by atoms with Gasteiger partial charge in [0.05, 0.1) is 28.1 Å². The number of nitrogens with one attached hydrogen (secondary N) is 2. The molecule has 4 rings (SSSR count). The predicted molar refractivity (Wildman–Crippen MR) is 106 cm³/mol. The van der Waals surface area contributed by atoms with Crippen molar-refractivity contribution in [3.05, 3.63) is 70.2 Å². The Morgan fingerprint density at radius 2 is 1.89 bits per heavy atom. The van der Waals surface area contributed by atoms with Gasteiger partial charge in [0.25, 0.3) is 11.8 Å². The lowest BCUT2D eigenvalue weighted by Crippen LogP contribution is -2.30. The highest BCUT2D eigenvalue weighted by Crippen LogP contribution is 2.35. The molecular formula is C18H12Cl2N6O2.